The van der Waals surface area contributed by atoms with E-state index < -0.39 is 29.7 Å². The number of imide groups is 2. The molecule has 0 aromatic rings. The van der Waals surface area contributed by atoms with Crippen molar-refractivity contribution < 1.29 is 24.3 Å². The van der Waals surface area contributed by atoms with Crippen LogP contribution in [0.4, 0.5) is 4.79 Å². The molecule has 0 saturated carbocycles. The first kappa shape index (κ1) is 13.8. The summed E-state index contributed by atoms with van der Waals surface area (Å²) >= 11 is 0. The van der Waals surface area contributed by atoms with Crippen LogP contribution in [0.2, 0.25) is 0 Å². The summed E-state index contributed by atoms with van der Waals surface area (Å²) in [6.45, 7) is -0.0201. The van der Waals surface area contributed by atoms with Crippen LogP contribution in [-0.4, -0.2) is 65.6 Å². The number of rotatable bonds is 4. The van der Waals surface area contributed by atoms with Gasteiger partial charge in [0.1, 0.15) is 0 Å². The highest BCUT2D eigenvalue weighted by Crippen LogP contribution is 2.13. The van der Waals surface area contributed by atoms with Crippen molar-refractivity contribution in [2.45, 2.75) is 6.42 Å². The van der Waals surface area contributed by atoms with Gasteiger partial charge < -0.3 is 5.11 Å². The van der Waals surface area contributed by atoms with Crippen LogP contribution < -0.4 is 0 Å². The van der Waals surface area contributed by atoms with E-state index in [0.29, 0.717) is 0 Å². The molecule has 1 rings (SSSR count). The molecule has 1 fully saturated rings. The molecule has 8 nitrogen and oxygen atoms in total. The van der Waals surface area contributed by atoms with E-state index in [0.717, 1.165) is 16.0 Å². The van der Waals surface area contributed by atoms with Crippen LogP contribution in [0, 0.1) is 5.92 Å². The summed E-state index contributed by atoms with van der Waals surface area (Å²) < 4.78 is 0. The van der Waals surface area contributed by atoms with E-state index in [1.165, 1.54) is 14.1 Å². The molecule has 0 spiro atoms. The molecule has 1 aliphatic heterocycles. The number of nitrogens with zero attached hydrogens (tertiary/aromatic N) is 3. The van der Waals surface area contributed by atoms with Crippen molar-refractivity contribution in [1.29, 1.82) is 0 Å². The Kier molecular flexibility index (Phi) is 4.13. The SMILES string of the molecule is CN1C(=O)C(C=NCCC(=O)O)C(=O)N(C)C1=O. The van der Waals surface area contributed by atoms with Crippen molar-refractivity contribution in [2.75, 3.05) is 20.6 Å². The quantitative estimate of drug-likeness (QED) is 0.522. The maximum Gasteiger partial charge on any atom is 0.332 e. The van der Waals surface area contributed by atoms with Gasteiger partial charge in [-0.3, -0.25) is 29.2 Å². The normalized spacial score (nSPS) is 18.0. The number of carboxylic acid groups (broad SMARTS) is 1. The highest BCUT2D eigenvalue weighted by molar-refractivity contribution is 6.23. The highest BCUT2D eigenvalue weighted by atomic mass is 16.4. The zero-order valence-corrected chi connectivity index (χ0v) is 9.99. The number of carbonyl (C=O) groups excluding carboxylic acids is 3. The van der Waals surface area contributed by atoms with Crippen LogP contribution in [0.3, 0.4) is 0 Å². The van der Waals surface area contributed by atoms with Crippen molar-refractivity contribution in [1.82, 2.24) is 9.80 Å². The second-order valence-corrected chi connectivity index (χ2v) is 3.75. The third-order valence-corrected chi connectivity index (χ3v) is 2.48. The van der Waals surface area contributed by atoms with Crippen molar-refractivity contribution in [3.05, 3.63) is 0 Å². The number of barbiturate groups is 1. The molecular weight excluding hydrogens is 242 g/mol. The molecule has 4 amide bonds. The summed E-state index contributed by atoms with van der Waals surface area (Å²) in [6.07, 6.45) is 0.906. The smallest absolute Gasteiger partial charge is 0.332 e. The molecule has 1 saturated heterocycles. The molecule has 0 atom stereocenters. The largest absolute Gasteiger partial charge is 0.481 e. The third-order valence-electron chi connectivity index (χ3n) is 2.48. The second-order valence-electron chi connectivity index (χ2n) is 3.75. The Balaban J connectivity index is 2.75. The Morgan fingerprint density at radius 1 is 1.28 bits per heavy atom. The first-order valence-electron chi connectivity index (χ1n) is 5.17. The lowest BCUT2D eigenvalue weighted by Gasteiger charge is -2.31. The number of urea groups is 1. The van der Waals surface area contributed by atoms with E-state index in [2.05, 4.69) is 4.99 Å². The monoisotopic (exact) mass is 255 g/mol. The number of carbonyl (C=O) groups is 4. The molecule has 0 aromatic heterocycles. The first-order valence-corrected chi connectivity index (χ1v) is 5.17. The summed E-state index contributed by atoms with van der Waals surface area (Å²) in [6, 6.07) is -0.694. The zero-order valence-electron chi connectivity index (χ0n) is 9.99. The molecule has 1 N–H and O–H groups in total. The average Bonchev–Trinajstić information content (AvgIpc) is 2.32. The summed E-state index contributed by atoms with van der Waals surface area (Å²) in [5.74, 6) is -3.51. The Morgan fingerprint density at radius 2 is 1.78 bits per heavy atom. The fourth-order valence-electron chi connectivity index (χ4n) is 1.40. The summed E-state index contributed by atoms with van der Waals surface area (Å²) in [7, 11) is 2.54. The third kappa shape index (κ3) is 2.70. The van der Waals surface area contributed by atoms with Gasteiger partial charge in [0.25, 0.3) is 0 Å². The minimum Gasteiger partial charge on any atom is -0.481 e. The number of aliphatic imine (C=N–C) groups is 1. The Morgan fingerprint density at radius 3 is 2.22 bits per heavy atom. The lowest BCUT2D eigenvalue weighted by Crippen LogP contribution is -2.57. The minimum absolute atomic E-state index is 0.0201. The van der Waals surface area contributed by atoms with Crippen LogP contribution in [-0.2, 0) is 14.4 Å². The molecule has 98 valence electrons. The van der Waals surface area contributed by atoms with Gasteiger partial charge in [0.2, 0.25) is 11.8 Å². The van der Waals surface area contributed by atoms with Crippen molar-refractivity contribution >= 4 is 30.0 Å². The maximum atomic E-state index is 11.7. The molecule has 0 aromatic carbocycles. The van der Waals surface area contributed by atoms with E-state index in [4.69, 9.17) is 5.11 Å². The predicted octanol–water partition coefficient (Wildman–Crippen LogP) is -0.801. The van der Waals surface area contributed by atoms with E-state index in [-0.39, 0.29) is 13.0 Å². The average molecular weight is 255 g/mol. The van der Waals surface area contributed by atoms with Gasteiger partial charge in [0, 0.05) is 26.9 Å². The van der Waals surface area contributed by atoms with E-state index in [1.54, 1.807) is 0 Å². The van der Waals surface area contributed by atoms with E-state index >= 15 is 0 Å². The number of carboxylic acids is 1. The van der Waals surface area contributed by atoms with Crippen LogP contribution in [0.5, 0.6) is 0 Å². The van der Waals surface area contributed by atoms with Crippen LogP contribution in [0.1, 0.15) is 6.42 Å². The highest BCUT2D eigenvalue weighted by Gasteiger charge is 2.41. The Bertz CT molecular complexity index is 407. The van der Waals surface area contributed by atoms with E-state index in [1.807, 2.05) is 0 Å². The molecule has 1 aliphatic rings. The fourth-order valence-corrected chi connectivity index (χ4v) is 1.40. The number of hydrogen-bond donors (Lipinski definition) is 1. The standard InChI is InChI=1S/C10H13N3O5/c1-12-8(16)6(5-11-4-3-7(14)15)9(17)13(2)10(12)18/h5-6H,3-4H2,1-2H3,(H,14,15). The van der Waals surface area contributed by atoms with Crippen LogP contribution in [0.15, 0.2) is 4.99 Å². The molecule has 8 heteroatoms. The molecule has 0 unspecified atom stereocenters. The first-order chi connectivity index (χ1) is 8.36. The van der Waals surface area contributed by atoms with Crippen molar-refractivity contribution in [3.63, 3.8) is 0 Å². The van der Waals surface area contributed by atoms with Crippen LogP contribution >= 0.6 is 0 Å². The van der Waals surface area contributed by atoms with Gasteiger partial charge in [-0.25, -0.2) is 4.79 Å². The molecule has 1 heterocycles. The van der Waals surface area contributed by atoms with Gasteiger partial charge in [-0.1, -0.05) is 0 Å². The second kappa shape index (κ2) is 5.39. The number of aliphatic carboxylic acids is 1. The van der Waals surface area contributed by atoms with Crippen molar-refractivity contribution in [2.24, 2.45) is 10.9 Å². The Hall–Kier alpha value is -2.25. The summed E-state index contributed by atoms with van der Waals surface area (Å²) in [5, 5.41) is 8.40. The topological polar surface area (TPSA) is 107 Å². The number of amides is 4. The lowest BCUT2D eigenvalue weighted by atomic mass is 10.1. The summed E-state index contributed by atoms with van der Waals surface area (Å²) in [4.78, 5) is 50.4. The van der Waals surface area contributed by atoms with Gasteiger partial charge in [0.15, 0.2) is 5.92 Å². The zero-order chi connectivity index (χ0) is 13.9. The molecule has 0 radical (unpaired) electrons. The Labute approximate surface area is 103 Å². The molecule has 18 heavy (non-hydrogen) atoms. The van der Waals surface area contributed by atoms with Crippen LogP contribution in [0.25, 0.3) is 0 Å². The van der Waals surface area contributed by atoms with Gasteiger partial charge in [0.05, 0.1) is 6.42 Å². The summed E-state index contributed by atoms with van der Waals surface area (Å²) in [5.41, 5.74) is 0. The molecular formula is C10H13N3O5. The van der Waals surface area contributed by atoms with Crippen molar-refractivity contribution in [3.8, 4) is 0 Å². The molecule has 0 bridgehead atoms. The van der Waals surface area contributed by atoms with Gasteiger partial charge in [-0.05, 0) is 0 Å². The van der Waals surface area contributed by atoms with Gasteiger partial charge >= 0.3 is 12.0 Å². The van der Waals surface area contributed by atoms with Gasteiger partial charge in [-0.2, -0.15) is 0 Å². The predicted molar refractivity (Wildman–Crippen MR) is 60.0 cm³/mol. The molecule has 0 aliphatic carbocycles. The van der Waals surface area contributed by atoms with E-state index in [9.17, 15) is 19.2 Å². The number of hydrogen-bond acceptors (Lipinski definition) is 5. The minimum atomic E-state index is -1.16. The fraction of sp³-hybridized carbons (Fsp3) is 0.500. The maximum absolute atomic E-state index is 11.7. The van der Waals surface area contributed by atoms with Gasteiger partial charge in [-0.15, -0.1) is 0 Å². The lowest BCUT2D eigenvalue weighted by molar-refractivity contribution is -0.144.